The number of alkyl halides is 3. The van der Waals surface area contributed by atoms with Gasteiger partial charge in [-0.1, -0.05) is 0 Å². The Labute approximate surface area is 179 Å². The zero-order valence-electron chi connectivity index (χ0n) is 16.9. The zero-order valence-corrected chi connectivity index (χ0v) is 16.9. The van der Waals surface area contributed by atoms with Crippen LogP contribution >= 0.6 is 0 Å². The van der Waals surface area contributed by atoms with Gasteiger partial charge in [0, 0.05) is 31.6 Å². The number of nitrogens with zero attached hydrogens (tertiary/aromatic N) is 6. The summed E-state index contributed by atoms with van der Waals surface area (Å²) in [6, 6.07) is 3.58. The molecule has 1 aliphatic heterocycles. The second-order valence-corrected chi connectivity index (χ2v) is 7.56. The van der Waals surface area contributed by atoms with E-state index in [9.17, 15) is 18.0 Å². The molecule has 0 bridgehead atoms. The topological polar surface area (TPSA) is 87.7 Å². The van der Waals surface area contributed by atoms with Crippen molar-refractivity contribution in [3.05, 3.63) is 59.0 Å². The fraction of sp³-hybridized carbons (Fsp3) is 0.286. The van der Waals surface area contributed by atoms with Crippen LogP contribution in [0, 0.1) is 0 Å². The maximum atomic E-state index is 13.3. The number of hydrogen-bond acceptors (Lipinski definition) is 6. The second-order valence-electron chi connectivity index (χ2n) is 7.56. The van der Waals surface area contributed by atoms with Crippen molar-refractivity contribution < 1.29 is 17.9 Å². The Kier molecular flexibility index (Phi) is 4.77. The Balaban J connectivity index is 1.72. The molecule has 4 aromatic heterocycles. The molecule has 8 nitrogen and oxygen atoms in total. The molecule has 0 N–H and O–H groups in total. The molecule has 1 aliphatic rings. The Morgan fingerprint density at radius 2 is 2.00 bits per heavy atom. The van der Waals surface area contributed by atoms with Crippen molar-refractivity contribution in [1.29, 1.82) is 0 Å². The lowest BCUT2D eigenvalue weighted by Gasteiger charge is -2.14. The average molecular weight is 442 g/mol. The number of hydrogen-bond donors (Lipinski definition) is 0. The average Bonchev–Trinajstić information content (AvgIpc) is 3.45. The van der Waals surface area contributed by atoms with Crippen molar-refractivity contribution in [2.45, 2.75) is 18.6 Å². The first-order valence-electron chi connectivity index (χ1n) is 9.83. The molecule has 0 amide bonds. The molecule has 0 spiro atoms. The summed E-state index contributed by atoms with van der Waals surface area (Å²) in [6.07, 6.45) is 1.75. The molecule has 1 fully saturated rings. The van der Waals surface area contributed by atoms with Gasteiger partial charge in [-0.25, -0.2) is 9.97 Å². The lowest BCUT2D eigenvalue weighted by Crippen LogP contribution is -2.25. The van der Waals surface area contributed by atoms with E-state index in [1.165, 1.54) is 23.0 Å². The maximum Gasteiger partial charge on any atom is 0.417 e. The van der Waals surface area contributed by atoms with Gasteiger partial charge in [-0.3, -0.25) is 19.0 Å². The van der Waals surface area contributed by atoms with Gasteiger partial charge in [0.05, 0.1) is 47.5 Å². The van der Waals surface area contributed by atoms with Gasteiger partial charge in [0.15, 0.2) is 0 Å². The first kappa shape index (κ1) is 20.3. The van der Waals surface area contributed by atoms with Gasteiger partial charge in [-0.15, -0.1) is 0 Å². The second kappa shape index (κ2) is 7.52. The van der Waals surface area contributed by atoms with Gasteiger partial charge < -0.3 is 4.74 Å². The Bertz CT molecular complexity index is 1350. The fourth-order valence-electron chi connectivity index (χ4n) is 3.73. The van der Waals surface area contributed by atoms with Crippen LogP contribution in [0.3, 0.4) is 0 Å². The number of aromatic nitrogens is 6. The molecule has 5 heterocycles. The Morgan fingerprint density at radius 1 is 1.16 bits per heavy atom. The van der Waals surface area contributed by atoms with Crippen LogP contribution < -0.4 is 5.56 Å². The number of halogens is 3. The number of ether oxygens (including phenoxy) is 1. The van der Waals surface area contributed by atoms with Gasteiger partial charge in [0.1, 0.15) is 11.2 Å². The van der Waals surface area contributed by atoms with Crippen molar-refractivity contribution >= 4 is 10.9 Å². The van der Waals surface area contributed by atoms with Crippen molar-refractivity contribution in [2.75, 3.05) is 13.2 Å². The predicted molar refractivity (Wildman–Crippen MR) is 109 cm³/mol. The quantitative estimate of drug-likeness (QED) is 0.484. The summed E-state index contributed by atoms with van der Waals surface area (Å²) < 4.78 is 47.3. The van der Waals surface area contributed by atoms with Gasteiger partial charge >= 0.3 is 6.18 Å². The molecule has 0 aromatic carbocycles. The largest absolute Gasteiger partial charge is 0.417 e. The minimum Gasteiger partial charge on any atom is -0.379 e. The molecule has 1 saturated heterocycles. The summed E-state index contributed by atoms with van der Waals surface area (Å²) in [5.74, 6) is 0. The normalized spacial score (nSPS) is 16.7. The van der Waals surface area contributed by atoms with E-state index < -0.39 is 11.7 Å². The van der Waals surface area contributed by atoms with E-state index in [-0.39, 0.29) is 23.0 Å². The molecule has 0 radical (unpaired) electrons. The van der Waals surface area contributed by atoms with Crippen LogP contribution in [0.15, 0.2) is 47.9 Å². The summed E-state index contributed by atoms with van der Waals surface area (Å²) in [4.78, 5) is 26.3. The van der Waals surface area contributed by atoms with E-state index in [1.54, 1.807) is 24.1 Å². The highest BCUT2D eigenvalue weighted by atomic mass is 19.4. The highest BCUT2D eigenvalue weighted by Crippen LogP contribution is 2.31. The lowest BCUT2D eigenvalue weighted by molar-refractivity contribution is -0.137. The third kappa shape index (κ3) is 3.54. The highest BCUT2D eigenvalue weighted by molar-refractivity contribution is 5.93. The lowest BCUT2D eigenvalue weighted by atomic mass is 10.1. The predicted octanol–water partition coefficient (Wildman–Crippen LogP) is 3.23. The van der Waals surface area contributed by atoms with Crippen molar-refractivity contribution in [3.63, 3.8) is 0 Å². The molecule has 32 heavy (non-hydrogen) atoms. The van der Waals surface area contributed by atoms with Crippen LogP contribution in [-0.4, -0.2) is 42.5 Å². The third-order valence-electron chi connectivity index (χ3n) is 5.40. The van der Waals surface area contributed by atoms with Crippen LogP contribution in [0.2, 0.25) is 0 Å². The standard InChI is InChI=1S/C21H17F3N6O2/c1-29-9-12(7-27-29)18-19-15(20(31)30(11-26-19)14-4-5-32-10-14)6-17(28-18)16-3-2-13(8-25-16)21(22,23)24/h2-3,6-9,11,14H,4-5,10H2,1H3/t14-/m0/s1. The van der Waals surface area contributed by atoms with Gasteiger partial charge in [-0.2, -0.15) is 18.3 Å². The first-order chi connectivity index (χ1) is 15.3. The van der Waals surface area contributed by atoms with Crippen LogP contribution in [0.1, 0.15) is 18.0 Å². The van der Waals surface area contributed by atoms with Crippen molar-refractivity contribution in [1.82, 2.24) is 29.3 Å². The minimum atomic E-state index is -4.50. The third-order valence-corrected chi connectivity index (χ3v) is 5.40. The summed E-state index contributed by atoms with van der Waals surface area (Å²) in [5, 5.41) is 4.45. The highest BCUT2D eigenvalue weighted by Gasteiger charge is 2.31. The minimum absolute atomic E-state index is 0.123. The SMILES string of the molecule is Cn1cc(-c2nc(-c3ccc(C(F)(F)F)cn3)cc3c(=O)n([C@H]4CCOC4)cnc23)cn1. The van der Waals surface area contributed by atoms with Crippen LogP contribution in [-0.2, 0) is 18.0 Å². The van der Waals surface area contributed by atoms with Gasteiger partial charge in [0.2, 0.25) is 0 Å². The van der Waals surface area contributed by atoms with E-state index in [1.807, 2.05) is 0 Å². The van der Waals surface area contributed by atoms with Crippen molar-refractivity contribution in [2.24, 2.45) is 7.05 Å². The molecule has 0 aliphatic carbocycles. The molecule has 1 atom stereocenters. The zero-order chi connectivity index (χ0) is 22.5. The van der Waals surface area contributed by atoms with E-state index in [4.69, 9.17) is 4.74 Å². The smallest absolute Gasteiger partial charge is 0.379 e. The summed E-state index contributed by atoms with van der Waals surface area (Å²) in [5.41, 5.74) is 0.757. The van der Waals surface area contributed by atoms with Crippen LogP contribution in [0.25, 0.3) is 33.5 Å². The van der Waals surface area contributed by atoms with E-state index in [0.29, 0.717) is 41.8 Å². The fourth-order valence-corrected chi connectivity index (χ4v) is 3.73. The van der Waals surface area contributed by atoms with Gasteiger partial charge in [-0.05, 0) is 24.6 Å². The Morgan fingerprint density at radius 3 is 2.62 bits per heavy atom. The van der Waals surface area contributed by atoms with Crippen LogP contribution in [0.4, 0.5) is 13.2 Å². The monoisotopic (exact) mass is 442 g/mol. The summed E-state index contributed by atoms with van der Waals surface area (Å²) in [7, 11) is 1.74. The molecular weight excluding hydrogens is 425 g/mol. The van der Waals surface area contributed by atoms with Crippen molar-refractivity contribution in [3.8, 4) is 22.6 Å². The maximum absolute atomic E-state index is 13.3. The molecule has 5 rings (SSSR count). The summed E-state index contributed by atoms with van der Waals surface area (Å²) in [6.45, 7) is 0.980. The molecule has 0 saturated carbocycles. The number of pyridine rings is 2. The van der Waals surface area contributed by atoms with Gasteiger partial charge in [0.25, 0.3) is 5.56 Å². The molecule has 11 heteroatoms. The molecule has 164 valence electrons. The van der Waals surface area contributed by atoms with E-state index in [2.05, 4.69) is 20.1 Å². The van der Waals surface area contributed by atoms with Crippen LogP contribution in [0.5, 0.6) is 0 Å². The Hall–Kier alpha value is -3.60. The number of rotatable bonds is 3. The molecule has 0 unspecified atom stereocenters. The van der Waals surface area contributed by atoms with E-state index in [0.717, 1.165) is 12.3 Å². The number of aryl methyl sites for hydroxylation is 1. The number of fused-ring (bicyclic) bond motifs is 1. The van der Waals surface area contributed by atoms with E-state index >= 15 is 0 Å². The molecule has 4 aromatic rings. The summed E-state index contributed by atoms with van der Waals surface area (Å²) >= 11 is 0. The molecular formula is C21H17F3N6O2. The first-order valence-corrected chi connectivity index (χ1v) is 9.83.